The third-order valence-electron chi connectivity index (χ3n) is 7.74. The second-order valence-corrected chi connectivity index (χ2v) is 10.6. The smallest absolute Gasteiger partial charge is 0.270 e. The Kier molecular flexibility index (Phi) is 7.70. The molecule has 2 aromatic heterocycles. The van der Waals surface area contributed by atoms with Crippen molar-refractivity contribution in [3.8, 4) is 17.1 Å². The van der Waals surface area contributed by atoms with E-state index in [-0.39, 0.29) is 11.6 Å². The highest BCUT2D eigenvalue weighted by Crippen LogP contribution is 2.34. The van der Waals surface area contributed by atoms with Crippen molar-refractivity contribution in [1.82, 2.24) is 15.0 Å². The number of aryl methyl sites for hydroxylation is 1. The van der Waals surface area contributed by atoms with E-state index >= 15 is 0 Å². The average molecular weight is 564 g/mol. The number of nitro groups is 1. The van der Waals surface area contributed by atoms with Crippen molar-refractivity contribution in [2.75, 3.05) is 24.5 Å². The van der Waals surface area contributed by atoms with Crippen molar-refractivity contribution < 1.29 is 10.0 Å². The number of rotatable bonds is 9. The van der Waals surface area contributed by atoms with Crippen LogP contribution in [-0.4, -0.2) is 50.3 Å². The number of benzene rings is 3. The molecule has 0 amide bonds. The lowest BCUT2D eigenvalue weighted by atomic mass is 9.98. The summed E-state index contributed by atoms with van der Waals surface area (Å²) in [5.74, 6) is 0.795. The van der Waals surface area contributed by atoms with E-state index < -0.39 is 4.92 Å². The molecule has 0 radical (unpaired) electrons. The van der Waals surface area contributed by atoms with Crippen molar-refractivity contribution in [2.24, 2.45) is 10.7 Å². The first-order valence-corrected chi connectivity index (χ1v) is 14.3. The minimum absolute atomic E-state index is 0.0629. The van der Waals surface area contributed by atoms with E-state index in [1.54, 1.807) is 6.07 Å². The van der Waals surface area contributed by atoms with Crippen LogP contribution in [0.3, 0.4) is 0 Å². The summed E-state index contributed by atoms with van der Waals surface area (Å²) in [5, 5.41) is 23.1. The molecular weight excluding hydrogens is 530 g/mol. The number of nitro benzene ring substituents is 1. The zero-order valence-corrected chi connectivity index (χ0v) is 23.2. The van der Waals surface area contributed by atoms with Crippen LogP contribution in [0.15, 0.2) is 77.9 Å². The fourth-order valence-corrected chi connectivity index (χ4v) is 5.49. The topological polar surface area (TPSA) is 149 Å². The van der Waals surface area contributed by atoms with Crippen molar-refractivity contribution in [2.45, 2.75) is 32.1 Å². The Morgan fingerprint density at radius 3 is 2.50 bits per heavy atom. The van der Waals surface area contributed by atoms with Gasteiger partial charge in [-0.2, -0.15) is 0 Å². The van der Waals surface area contributed by atoms with Crippen molar-refractivity contribution in [1.29, 1.82) is 0 Å². The molecule has 0 saturated carbocycles. The number of aromatic nitrogens is 3. The lowest BCUT2D eigenvalue weighted by molar-refractivity contribution is -0.384. The molecule has 0 spiro atoms. The number of imidazole rings is 1. The number of non-ortho nitro benzene ring substituents is 1. The predicted octanol–water partition coefficient (Wildman–Crippen LogP) is 6.22. The average Bonchev–Trinajstić information content (AvgIpc) is 3.64. The number of hydrogen-bond acceptors (Lipinski definition) is 7. The van der Waals surface area contributed by atoms with Crippen LogP contribution < -0.4 is 10.6 Å². The maximum Gasteiger partial charge on any atom is 0.270 e. The summed E-state index contributed by atoms with van der Waals surface area (Å²) >= 11 is 0. The summed E-state index contributed by atoms with van der Waals surface area (Å²) in [7, 11) is 0. The van der Waals surface area contributed by atoms with E-state index in [9.17, 15) is 15.2 Å². The lowest BCUT2D eigenvalue weighted by Crippen LogP contribution is -2.30. The third kappa shape index (κ3) is 5.61. The van der Waals surface area contributed by atoms with Crippen molar-refractivity contribution >= 4 is 33.9 Å². The van der Waals surface area contributed by atoms with E-state index in [1.165, 1.54) is 31.4 Å². The molecule has 5 aromatic rings. The summed E-state index contributed by atoms with van der Waals surface area (Å²) < 4.78 is 0. The number of nitrogens with zero attached hydrogens (tertiary/aromatic N) is 4. The van der Waals surface area contributed by atoms with Gasteiger partial charge in [0, 0.05) is 41.7 Å². The monoisotopic (exact) mass is 563 g/mol. The van der Waals surface area contributed by atoms with Crippen LogP contribution in [0.1, 0.15) is 42.4 Å². The minimum atomic E-state index is -0.443. The van der Waals surface area contributed by atoms with Gasteiger partial charge in [0.15, 0.2) is 5.88 Å². The normalized spacial score (nSPS) is 14.0. The summed E-state index contributed by atoms with van der Waals surface area (Å²) in [6, 6.07) is 20.3. The van der Waals surface area contributed by atoms with E-state index in [4.69, 9.17) is 10.7 Å². The summed E-state index contributed by atoms with van der Waals surface area (Å²) in [6.07, 6.45) is 7.23. The Hall–Kier alpha value is -4.96. The molecule has 1 aliphatic rings. The maximum atomic E-state index is 11.5. The van der Waals surface area contributed by atoms with Crippen LogP contribution in [0.5, 0.6) is 5.88 Å². The van der Waals surface area contributed by atoms with Gasteiger partial charge in [0.05, 0.1) is 33.8 Å². The first kappa shape index (κ1) is 27.2. The predicted molar refractivity (Wildman–Crippen MR) is 166 cm³/mol. The highest BCUT2D eigenvalue weighted by Gasteiger charge is 2.21. The molecule has 0 unspecified atom stereocenters. The van der Waals surface area contributed by atoms with Gasteiger partial charge in [-0.3, -0.25) is 10.1 Å². The molecule has 0 bridgehead atoms. The molecule has 0 aliphatic carbocycles. The first-order chi connectivity index (χ1) is 20.5. The van der Waals surface area contributed by atoms with Crippen LogP contribution in [-0.2, 0) is 6.42 Å². The van der Waals surface area contributed by atoms with Gasteiger partial charge < -0.3 is 25.7 Å². The number of piperidine rings is 1. The van der Waals surface area contributed by atoms with Crippen LogP contribution in [0.2, 0.25) is 0 Å². The van der Waals surface area contributed by atoms with Crippen LogP contribution in [0.25, 0.3) is 22.2 Å². The van der Waals surface area contributed by atoms with Crippen LogP contribution >= 0.6 is 0 Å². The Morgan fingerprint density at radius 1 is 1.02 bits per heavy atom. The second-order valence-electron chi connectivity index (χ2n) is 10.6. The summed E-state index contributed by atoms with van der Waals surface area (Å²) in [5.41, 5.74) is 11.6. The van der Waals surface area contributed by atoms with Crippen LogP contribution in [0.4, 0.5) is 17.3 Å². The third-order valence-corrected chi connectivity index (χ3v) is 7.74. The fraction of sp³-hybridized carbons (Fsp3) is 0.250. The Morgan fingerprint density at radius 2 is 1.79 bits per heavy atom. The molecule has 1 saturated heterocycles. The molecule has 10 nitrogen and oxygen atoms in total. The Balaban J connectivity index is 1.38. The maximum absolute atomic E-state index is 11.5. The number of nitrogens with two attached hydrogens (primary N) is 1. The molecule has 6 rings (SSSR count). The SMILES string of the molecule is NCCCc1ccc(C(=Nc2ccc(-c3cnc(N4CCCCC4)[nH]3)cc2)c2c(O)[nH]c3ccc([N+](=O)[O-])cc23)cc1. The first-order valence-electron chi connectivity index (χ1n) is 14.3. The molecule has 0 atom stereocenters. The Bertz CT molecular complexity index is 1730. The quantitative estimate of drug-likeness (QED) is 0.0950. The molecule has 214 valence electrons. The van der Waals surface area contributed by atoms with Gasteiger partial charge in [0.2, 0.25) is 5.95 Å². The second kappa shape index (κ2) is 11.9. The largest absolute Gasteiger partial charge is 0.494 e. The standard InChI is InChI=1S/C32H33N7O3/c33-16-4-5-21-6-8-23(9-7-21)30(29-26-19-25(39(41)42)14-15-27(26)36-31(29)40)35-24-12-10-22(11-13-24)28-20-34-32(37-28)38-17-2-1-3-18-38/h6-15,19-20,36,40H,1-5,16-18,33H2,(H,34,37). The van der Waals surface area contributed by atoms with Gasteiger partial charge in [-0.05, 0) is 68.0 Å². The number of aliphatic imine (C=N–C) groups is 1. The van der Waals surface area contributed by atoms with Crippen LogP contribution in [0, 0.1) is 10.1 Å². The molecule has 10 heteroatoms. The summed E-state index contributed by atoms with van der Waals surface area (Å²) in [4.78, 5) is 29.4. The molecule has 3 heterocycles. The number of aromatic hydroxyl groups is 1. The molecule has 1 aliphatic heterocycles. The van der Waals surface area contributed by atoms with E-state index in [0.717, 1.165) is 54.3 Å². The van der Waals surface area contributed by atoms with Gasteiger partial charge in [-0.25, -0.2) is 9.98 Å². The van der Waals surface area contributed by atoms with Crippen molar-refractivity contribution in [3.63, 3.8) is 0 Å². The highest BCUT2D eigenvalue weighted by molar-refractivity contribution is 6.22. The number of anilines is 1. The number of nitrogens with one attached hydrogen (secondary N) is 2. The van der Waals surface area contributed by atoms with Gasteiger partial charge in [-0.1, -0.05) is 36.4 Å². The van der Waals surface area contributed by atoms with Gasteiger partial charge in [0.25, 0.3) is 5.69 Å². The summed E-state index contributed by atoms with van der Waals surface area (Å²) in [6.45, 7) is 2.65. The van der Waals surface area contributed by atoms with E-state index in [2.05, 4.69) is 19.9 Å². The Labute approximate surface area is 243 Å². The lowest BCUT2D eigenvalue weighted by Gasteiger charge is -2.25. The van der Waals surface area contributed by atoms with E-state index in [0.29, 0.717) is 34.4 Å². The number of hydrogen-bond donors (Lipinski definition) is 4. The van der Waals surface area contributed by atoms with E-state index in [1.807, 2.05) is 54.7 Å². The fourth-order valence-electron chi connectivity index (χ4n) is 5.49. The number of aromatic amines is 2. The molecule has 3 aromatic carbocycles. The molecular formula is C32H33N7O3. The zero-order chi connectivity index (χ0) is 29.1. The molecule has 5 N–H and O–H groups in total. The van der Waals surface area contributed by atoms with Gasteiger partial charge in [-0.15, -0.1) is 0 Å². The minimum Gasteiger partial charge on any atom is -0.494 e. The number of fused-ring (bicyclic) bond motifs is 1. The molecule has 42 heavy (non-hydrogen) atoms. The van der Waals surface area contributed by atoms with Crippen molar-refractivity contribution in [3.05, 3.63) is 99.7 Å². The molecule has 1 fully saturated rings. The highest BCUT2D eigenvalue weighted by atomic mass is 16.6. The number of H-pyrrole nitrogens is 2. The van der Waals surface area contributed by atoms with Gasteiger partial charge in [0.1, 0.15) is 0 Å². The zero-order valence-electron chi connectivity index (χ0n) is 23.2. The van der Waals surface area contributed by atoms with Gasteiger partial charge >= 0.3 is 0 Å².